The summed E-state index contributed by atoms with van der Waals surface area (Å²) in [6, 6.07) is 9.83. The molecular weight excluding hydrogens is 393 g/mol. The van der Waals surface area contributed by atoms with Crippen molar-refractivity contribution in [2.24, 2.45) is 0 Å². The summed E-state index contributed by atoms with van der Waals surface area (Å²) in [7, 11) is -3.81. The molecule has 1 saturated heterocycles. The number of anilines is 1. The van der Waals surface area contributed by atoms with E-state index in [2.05, 4.69) is 5.32 Å². The van der Waals surface area contributed by atoms with Crippen molar-refractivity contribution in [1.82, 2.24) is 8.61 Å². The van der Waals surface area contributed by atoms with Gasteiger partial charge in [-0.15, -0.1) is 0 Å². The van der Waals surface area contributed by atoms with Crippen LogP contribution in [0.5, 0.6) is 0 Å². The first-order chi connectivity index (χ1) is 13.7. The standard InChI is InChI=1S/C21H26FN3O3S/c1-15-10-16(2)21(17(3)11-15)23-20(26)14-25-9-5-8-24(29(25,27)28)13-18-6-4-7-19(22)12-18/h4,6-7,10-12H,5,8-9,13-14H2,1-3H3,(H,23,26). The molecule has 29 heavy (non-hydrogen) atoms. The summed E-state index contributed by atoms with van der Waals surface area (Å²) >= 11 is 0. The summed E-state index contributed by atoms with van der Waals surface area (Å²) in [5, 5.41) is 2.85. The van der Waals surface area contributed by atoms with Crippen molar-refractivity contribution < 1.29 is 17.6 Å². The molecule has 0 saturated carbocycles. The number of aryl methyl sites for hydroxylation is 3. The second-order valence-corrected chi connectivity index (χ2v) is 9.41. The van der Waals surface area contributed by atoms with Gasteiger partial charge in [-0.2, -0.15) is 17.0 Å². The van der Waals surface area contributed by atoms with Crippen molar-refractivity contribution in [1.29, 1.82) is 0 Å². The first-order valence-electron chi connectivity index (χ1n) is 9.54. The number of rotatable bonds is 5. The number of benzene rings is 2. The van der Waals surface area contributed by atoms with E-state index < -0.39 is 16.0 Å². The number of hydrogen-bond donors (Lipinski definition) is 1. The third-order valence-corrected chi connectivity index (χ3v) is 6.91. The lowest BCUT2D eigenvalue weighted by Gasteiger charge is -2.34. The van der Waals surface area contributed by atoms with Gasteiger partial charge in [-0.25, -0.2) is 4.39 Å². The fourth-order valence-electron chi connectivity index (χ4n) is 3.69. The van der Waals surface area contributed by atoms with E-state index in [0.29, 0.717) is 24.2 Å². The van der Waals surface area contributed by atoms with Gasteiger partial charge in [0.1, 0.15) is 5.82 Å². The van der Waals surface area contributed by atoms with E-state index in [0.717, 1.165) is 16.7 Å². The van der Waals surface area contributed by atoms with Gasteiger partial charge in [0.25, 0.3) is 10.2 Å². The molecular formula is C21H26FN3O3S. The van der Waals surface area contributed by atoms with Crippen LogP contribution in [0.4, 0.5) is 10.1 Å². The number of carbonyl (C=O) groups excluding carboxylic acids is 1. The highest BCUT2D eigenvalue weighted by molar-refractivity contribution is 7.86. The lowest BCUT2D eigenvalue weighted by atomic mass is 10.1. The van der Waals surface area contributed by atoms with Crippen LogP contribution in [-0.2, 0) is 21.5 Å². The number of nitrogens with one attached hydrogen (secondary N) is 1. The van der Waals surface area contributed by atoms with Crippen LogP contribution in [0.2, 0.25) is 0 Å². The highest BCUT2D eigenvalue weighted by Crippen LogP contribution is 2.23. The summed E-state index contributed by atoms with van der Waals surface area (Å²) in [5.41, 5.74) is 4.26. The van der Waals surface area contributed by atoms with Crippen molar-refractivity contribution in [3.63, 3.8) is 0 Å². The lowest BCUT2D eigenvalue weighted by molar-refractivity contribution is -0.116. The Bertz CT molecular complexity index is 1000. The molecule has 0 aromatic heterocycles. The molecule has 1 aliphatic rings. The molecule has 0 unspecified atom stereocenters. The highest BCUT2D eigenvalue weighted by Gasteiger charge is 2.34. The van der Waals surface area contributed by atoms with Crippen LogP contribution in [0.3, 0.4) is 0 Å². The fraction of sp³-hybridized carbons (Fsp3) is 0.381. The van der Waals surface area contributed by atoms with Crippen LogP contribution in [0.1, 0.15) is 28.7 Å². The van der Waals surface area contributed by atoms with Crippen LogP contribution < -0.4 is 5.32 Å². The molecule has 1 N–H and O–H groups in total. The molecule has 156 valence electrons. The largest absolute Gasteiger partial charge is 0.324 e. The lowest BCUT2D eigenvalue weighted by Crippen LogP contribution is -2.51. The predicted octanol–water partition coefficient (Wildman–Crippen LogP) is 3.14. The Hall–Kier alpha value is -2.29. The third-order valence-electron chi connectivity index (χ3n) is 4.98. The molecule has 0 bridgehead atoms. The van der Waals surface area contributed by atoms with E-state index in [-0.39, 0.29) is 25.5 Å². The van der Waals surface area contributed by atoms with Crippen molar-refractivity contribution in [3.8, 4) is 0 Å². The van der Waals surface area contributed by atoms with Crippen molar-refractivity contribution in [2.75, 3.05) is 25.0 Å². The topological polar surface area (TPSA) is 69.7 Å². The van der Waals surface area contributed by atoms with Gasteiger partial charge in [0, 0.05) is 25.3 Å². The van der Waals surface area contributed by atoms with E-state index in [1.807, 2.05) is 32.9 Å². The summed E-state index contributed by atoms with van der Waals surface area (Å²) < 4.78 is 41.8. The summed E-state index contributed by atoms with van der Waals surface area (Å²) in [4.78, 5) is 12.6. The van der Waals surface area contributed by atoms with Gasteiger partial charge in [-0.1, -0.05) is 29.8 Å². The zero-order chi connectivity index (χ0) is 21.2. The molecule has 1 heterocycles. The fourth-order valence-corrected chi connectivity index (χ4v) is 5.33. The Morgan fingerprint density at radius 3 is 2.38 bits per heavy atom. The Labute approximate surface area is 171 Å². The molecule has 2 aromatic carbocycles. The molecule has 0 aliphatic carbocycles. The molecule has 3 rings (SSSR count). The molecule has 1 fully saturated rings. The van der Waals surface area contributed by atoms with Crippen molar-refractivity contribution in [3.05, 3.63) is 64.5 Å². The SMILES string of the molecule is Cc1cc(C)c(NC(=O)CN2CCCN(Cc3cccc(F)c3)S2(=O)=O)c(C)c1. The van der Waals surface area contributed by atoms with E-state index in [9.17, 15) is 17.6 Å². The molecule has 0 spiro atoms. The second kappa shape index (κ2) is 8.61. The molecule has 0 radical (unpaired) electrons. The first-order valence-corrected chi connectivity index (χ1v) is 10.9. The highest BCUT2D eigenvalue weighted by atomic mass is 32.2. The average Bonchev–Trinajstić information content (AvgIpc) is 2.62. The molecule has 8 heteroatoms. The van der Waals surface area contributed by atoms with Crippen LogP contribution in [0.25, 0.3) is 0 Å². The maximum Gasteiger partial charge on any atom is 0.282 e. The number of carbonyl (C=O) groups is 1. The minimum Gasteiger partial charge on any atom is -0.324 e. The van der Waals surface area contributed by atoms with Gasteiger partial charge in [-0.05, 0) is 56.0 Å². The van der Waals surface area contributed by atoms with E-state index in [1.54, 1.807) is 12.1 Å². The normalized spacial score (nSPS) is 17.2. The van der Waals surface area contributed by atoms with Gasteiger partial charge in [0.05, 0.1) is 6.54 Å². The third kappa shape index (κ3) is 5.01. The minimum absolute atomic E-state index is 0.0778. The van der Waals surface area contributed by atoms with Gasteiger partial charge in [0.2, 0.25) is 5.91 Å². The summed E-state index contributed by atoms with van der Waals surface area (Å²) in [6.45, 7) is 6.25. The molecule has 0 atom stereocenters. The van der Waals surface area contributed by atoms with Gasteiger partial charge >= 0.3 is 0 Å². The number of nitrogens with zero attached hydrogens (tertiary/aromatic N) is 2. The molecule has 6 nitrogen and oxygen atoms in total. The Morgan fingerprint density at radius 1 is 1.07 bits per heavy atom. The zero-order valence-corrected chi connectivity index (χ0v) is 17.7. The molecule has 1 aliphatic heterocycles. The average molecular weight is 420 g/mol. The molecule has 1 amide bonds. The zero-order valence-electron chi connectivity index (χ0n) is 16.9. The van der Waals surface area contributed by atoms with E-state index in [4.69, 9.17) is 0 Å². The Morgan fingerprint density at radius 2 is 1.72 bits per heavy atom. The Balaban J connectivity index is 1.71. The van der Waals surface area contributed by atoms with Crippen LogP contribution in [-0.4, -0.2) is 42.6 Å². The monoisotopic (exact) mass is 419 g/mol. The predicted molar refractivity (Wildman–Crippen MR) is 111 cm³/mol. The molecule has 2 aromatic rings. The van der Waals surface area contributed by atoms with Gasteiger partial charge in [0.15, 0.2) is 0 Å². The van der Waals surface area contributed by atoms with Crippen LogP contribution in [0.15, 0.2) is 36.4 Å². The summed E-state index contributed by atoms with van der Waals surface area (Å²) in [6.07, 6.45) is 0.602. The van der Waals surface area contributed by atoms with Gasteiger partial charge in [-0.3, -0.25) is 4.79 Å². The maximum atomic E-state index is 13.4. The summed E-state index contributed by atoms with van der Waals surface area (Å²) in [5.74, 6) is -0.784. The Kier molecular flexibility index (Phi) is 6.36. The van der Waals surface area contributed by atoms with Crippen LogP contribution in [0, 0.1) is 26.6 Å². The number of hydrogen-bond acceptors (Lipinski definition) is 3. The second-order valence-electron chi connectivity index (χ2n) is 7.48. The van der Waals surface area contributed by atoms with E-state index in [1.165, 1.54) is 20.7 Å². The maximum absolute atomic E-state index is 13.4. The van der Waals surface area contributed by atoms with Crippen molar-refractivity contribution in [2.45, 2.75) is 33.7 Å². The minimum atomic E-state index is -3.81. The van der Waals surface area contributed by atoms with Crippen LogP contribution >= 0.6 is 0 Å². The number of halogens is 1. The quantitative estimate of drug-likeness (QED) is 0.810. The smallest absolute Gasteiger partial charge is 0.282 e. The van der Waals surface area contributed by atoms with Crippen molar-refractivity contribution >= 4 is 21.8 Å². The van der Waals surface area contributed by atoms with Gasteiger partial charge < -0.3 is 5.32 Å². The number of amides is 1. The first kappa shape index (κ1) is 21.4. The van der Waals surface area contributed by atoms with E-state index >= 15 is 0 Å².